The fourth-order valence-corrected chi connectivity index (χ4v) is 13.7. The minimum Gasteiger partial charge on any atom is -0.508 e. The van der Waals surface area contributed by atoms with Gasteiger partial charge in [0.05, 0.1) is 87.5 Å². The number of benzene rings is 12. The van der Waals surface area contributed by atoms with E-state index in [0.717, 1.165) is 27.8 Å². The van der Waals surface area contributed by atoms with E-state index >= 15 is 0 Å². The van der Waals surface area contributed by atoms with Gasteiger partial charge in [-0.25, -0.2) is 33.6 Å². The van der Waals surface area contributed by atoms with Crippen molar-refractivity contribution in [3.63, 3.8) is 0 Å². The standard InChI is InChI=1S/C19H20N2O3.C19H18O4.C18H17NO5.C17H14ClNO4.2C17H15NO6/c1-13(22)16-4-2-3-5-17(16)19(24)21-12-15-8-6-14(7-9-15)10-11-18(20)23;1-12-11-14(7-9-15(12)13(2)20)8-10-18(21)16-5-3-4-6-17(16)19(22)23;1-11(20)13-5-3-12(4-6-13)10-19-17(21)15-8-7-14(24-2)9-16(15)18(22)23;1-10(20)12-4-2-3-5-13(12)16(21)19-9-11-6-7-14(17(22)23)15(18)8-11;1-24-13-4-2-3-12(17(22)23)14(13)15(19)18-9-10-5-7-11(8-6-10)16(20)21;1-24-13-4-2-3-12(14(13)17(22)23)15(19)18-9-10-5-7-11(8-6-10)16(20)21/h2-9H,10-12H2,1H3,(H2,20,23)(H,21,24);3-7,9,11,20H,2,8,10H2,1H3,(H,22,23);3-9H,10H2,1-2H3,(H,19,21)(H,22,23);2-8H,9H2,1H3,(H,19,21)(H,22,23);2*2-8H,9H2,1H3,(H,18,19)(H,20,21)(H,22,23). The lowest BCUT2D eigenvalue weighted by molar-refractivity contribution is -0.118. The first-order chi connectivity index (χ1) is 67.6. The first kappa shape index (κ1) is 111. The molecule has 12 rings (SSSR count). The van der Waals surface area contributed by atoms with E-state index in [2.05, 4.69) is 33.2 Å². The maximum atomic E-state index is 12.3. The number of aromatic carboxylic acids is 7. The minimum absolute atomic E-state index is 0.00340. The molecule has 12 aromatic rings. The SMILES string of the molecule is C=C(O)c1ccc(CCC(=O)c2ccccc2C(=O)O)cc1C.CC(=O)c1ccccc1C(=O)NCc1ccc(C(=O)O)c(Cl)c1.CC(=O)c1ccccc1C(=O)NCc1ccc(CCC(N)=O)cc1.COc1ccc(C(=O)NCc2ccc(C(C)=O)cc2)c(C(=O)O)c1.COc1cccc(C(=O)NCc2ccc(C(=O)O)cc2)c1C(=O)O.COc1cccc(C(=O)O)c1C(=O)NCc1ccc(C(=O)O)cc1. The molecule has 12 aromatic carbocycles. The Kier molecular flexibility index (Phi) is 42.4. The average molecular weight is 1950 g/mol. The van der Waals surface area contributed by atoms with E-state index in [1.165, 1.54) is 145 Å². The number of carboxylic acid groups (broad SMARTS) is 7. The van der Waals surface area contributed by atoms with Crippen LogP contribution in [-0.4, -0.2) is 163 Å². The number of aliphatic hydroxyl groups excluding tert-OH is 1. The second-order valence-electron chi connectivity index (χ2n) is 30.7. The fourth-order valence-electron chi connectivity index (χ4n) is 13.4. The highest BCUT2D eigenvalue weighted by Crippen LogP contribution is 2.28. The third-order valence-corrected chi connectivity index (χ3v) is 21.2. The van der Waals surface area contributed by atoms with Crippen LogP contribution in [0.1, 0.15) is 249 Å². The smallest absolute Gasteiger partial charge is 0.340 e. The van der Waals surface area contributed by atoms with Crippen LogP contribution in [0.2, 0.25) is 5.02 Å². The quantitative estimate of drug-likeness (QED) is 0.0128. The first-order valence-electron chi connectivity index (χ1n) is 42.8. The molecule has 0 saturated heterocycles. The molecule has 35 heteroatoms. The Hall–Kier alpha value is -18.3. The van der Waals surface area contributed by atoms with Gasteiger partial charge in [0.1, 0.15) is 28.6 Å². The number of carbonyl (C=O) groups excluding carboxylic acids is 10. The minimum atomic E-state index is -1.26. The van der Waals surface area contributed by atoms with Crippen LogP contribution in [0.25, 0.3) is 5.76 Å². The van der Waals surface area contributed by atoms with Crippen LogP contribution in [-0.2, 0) is 50.4 Å². The van der Waals surface area contributed by atoms with Crippen molar-refractivity contribution in [2.45, 2.75) is 86.1 Å². The van der Waals surface area contributed by atoms with E-state index in [4.69, 9.17) is 52.0 Å². The summed E-state index contributed by atoms with van der Waals surface area (Å²) in [5, 5.41) is 86.4. The third kappa shape index (κ3) is 33.3. The molecule has 0 aliphatic heterocycles. The Balaban J connectivity index is 0.000000231. The number of carbonyl (C=O) groups is 17. The number of nitrogens with two attached hydrogens (primary N) is 1. The molecule has 0 unspecified atom stereocenters. The number of hydrogen-bond acceptors (Lipinski definition) is 21. The number of nitrogens with one attached hydrogen (secondary N) is 5. The van der Waals surface area contributed by atoms with Gasteiger partial charge in [0, 0.05) is 73.4 Å². The van der Waals surface area contributed by atoms with Crippen LogP contribution in [0.3, 0.4) is 0 Å². The van der Waals surface area contributed by atoms with Gasteiger partial charge in [0.25, 0.3) is 29.5 Å². The van der Waals surface area contributed by atoms with Gasteiger partial charge < -0.3 is 87.4 Å². The van der Waals surface area contributed by atoms with Crippen LogP contribution < -0.4 is 46.5 Å². The molecule has 0 atom stereocenters. The van der Waals surface area contributed by atoms with E-state index in [-0.39, 0.29) is 157 Å². The predicted octanol–water partition coefficient (Wildman–Crippen LogP) is 16.0. The van der Waals surface area contributed by atoms with Crippen molar-refractivity contribution in [1.29, 1.82) is 0 Å². The van der Waals surface area contributed by atoms with Crippen LogP contribution in [0, 0.1) is 6.92 Å². The van der Waals surface area contributed by atoms with Crippen LogP contribution in [0.15, 0.2) is 267 Å². The van der Waals surface area contributed by atoms with Crippen molar-refractivity contribution >= 4 is 118 Å². The van der Waals surface area contributed by atoms with Crippen molar-refractivity contribution in [3.8, 4) is 17.2 Å². The monoisotopic (exact) mass is 1950 g/mol. The Morgan fingerprint density at radius 2 is 0.641 bits per heavy atom. The fraction of sp³-hybridized carbons (Fsp3) is 0.150. The lowest BCUT2D eigenvalue weighted by Gasteiger charge is -2.12. The number of aryl methyl sites for hydroxylation is 3. The topological polar surface area (TPSA) is 566 Å². The Morgan fingerprint density at radius 3 is 1.04 bits per heavy atom. The molecule has 0 spiro atoms. The summed E-state index contributed by atoms with van der Waals surface area (Å²) >= 11 is 5.89. The van der Waals surface area contributed by atoms with E-state index in [0.29, 0.717) is 81.6 Å². The van der Waals surface area contributed by atoms with Crippen molar-refractivity contribution < 1.29 is 137 Å². The Morgan fingerprint density at radius 1 is 0.296 bits per heavy atom. The van der Waals surface area contributed by atoms with E-state index < -0.39 is 59.5 Å². The molecule has 0 heterocycles. The number of methoxy groups -OCH3 is 3. The molecule has 6 amide bonds. The Bertz CT molecular complexity index is 6590. The van der Waals surface area contributed by atoms with Gasteiger partial charge in [-0.15, -0.1) is 0 Å². The van der Waals surface area contributed by atoms with E-state index in [9.17, 15) is 102 Å². The third-order valence-electron chi connectivity index (χ3n) is 20.9. The number of hydrogen-bond donors (Lipinski definition) is 14. The van der Waals surface area contributed by atoms with Gasteiger partial charge in [-0.1, -0.05) is 182 Å². The number of Topliss-reactive ketones (excluding diaryl/α,β-unsaturated/α-hetero) is 4. The lowest BCUT2D eigenvalue weighted by Crippen LogP contribution is -2.25. The average Bonchev–Trinajstić information content (AvgIpc) is 0.821. The van der Waals surface area contributed by atoms with Gasteiger partial charge >= 0.3 is 41.8 Å². The molecule has 0 radical (unpaired) electrons. The number of rotatable bonds is 36. The summed E-state index contributed by atoms with van der Waals surface area (Å²) in [6.07, 6.45) is 1.65. The summed E-state index contributed by atoms with van der Waals surface area (Å²) in [7, 11) is 4.10. The van der Waals surface area contributed by atoms with Crippen molar-refractivity contribution in [3.05, 3.63) is 412 Å². The van der Waals surface area contributed by atoms with Gasteiger partial charge in [-0.3, -0.25) is 47.9 Å². The number of ether oxygens (including phenoxy) is 3. The normalized spacial score (nSPS) is 10.1. The van der Waals surface area contributed by atoms with Crippen LogP contribution in [0.4, 0.5) is 0 Å². The zero-order valence-electron chi connectivity index (χ0n) is 77.6. The van der Waals surface area contributed by atoms with Gasteiger partial charge in [0.2, 0.25) is 5.91 Å². The molecule has 34 nitrogen and oxygen atoms in total. The maximum absolute atomic E-state index is 12.3. The zero-order chi connectivity index (χ0) is 105. The molecule has 0 aromatic heterocycles. The summed E-state index contributed by atoms with van der Waals surface area (Å²) in [6, 6.07) is 68.9. The molecule has 0 fully saturated rings. The maximum Gasteiger partial charge on any atom is 0.340 e. The predicted molar refractivity (Wildman–Crippen MR) is 523 cm³/mol. The molecule has 0 saturated carbocycles. The number of halogens is 1. The summed E-state index contributed by atoms with van der Waals surface area (Å²) in [5.41, 5.74) is 14.5. The second-order valence-corrected chi connectivity index (χ2v) is 31.1. The molecular formula is C107H99ClN6O28. The van der Waals surface area contributed by atoms with Gasteiger partial charge in [-0.2, -0.15) is 0 Å². The summed E-state index contributed by atoms with van der Waals surface area (Å²) in [5.74, 6) is -10.5. The van der Waals surface area contributed by atoms with Crippen LogP contribution >= 0.6 is 11.6 Å². The molecule has 0 aliphatic rings. The zero-order valence-corrected chi connectivity index (χ0v) is 78.4. The van der Waals surface area contributed by atoms with Crippen molar-refractivity contribution in [2.24, 2.45) is 5.73 Å². The highest BCUT2D eigenvalue weighted by atomic mass is 35.5. The van der Waals surface area contributed by atoms with Gasteiger partial charge in [-0.05, 0) is 182 Å². The van der Waals surface area contributed by atoms with Crippen molar-refractivity contribution in [1.82, 2.24) is 26.6 Å². The van der Waals surface area contributed by atoms with E-state index in [1.54, 1.807) is 121 Å². The molecule has 142 heavy (non-hydrogen) atoms. The Labute approximate surface area is 818 Å². The summed E-state index contributed by atoms with van der Waals surface area (Å²) < 4.78 is 15.0. The highest BCUT2D eigenvalue weighted by molar-refractivity contribution is 6.33. The number of amides is 6. The molecule has 15 N–H and O–H groups in total. The van der Waals surface area contributed by atoms with Crippen molar-refractivity contribution in [2.75, 3.05) is 21.3 Å². The first-order valence-corrected chi connectivity index (χ1v) is 43.2. The molecule has 732 valence electrons. The number of primary amides is 1. The summed E-state index contributed by atoms with van der Waals surface area (Å²) in [4.78, 5) is 196. The largest absolute Gasteiger partial charge is 0.508 e. The number of carboxylic acids is 7. The molecule has 0 aliphatic carbocycles. The highest BCUT2D eigenvalue weighted by Gasteiger charge is 2.26. The number of aliphatic hydroxyl groups is 1. The lowest BCUT2D eigenvalue weighted by atomic mass is 9.97. The number of ketones is 4. The van der Waals surface area contributed by atoms with E-state index in [1.807, 2.05) is 43.3 Å². The second kappa shape index (κ2) is 54.4. The molecule has 0 bridgehead atoms. The summed E-state index contributed by atoms with van der Waals surface area (Å²) in [6.45, 7) is 10.7. The van der Waals surface area contributed by atoms with Gasteiger partial charge in [0.15, 0.2) is 23.1 Å². The molecular weight excluding hydrogens is 1850 g/mol. The van der Waals surface area contributed by atoms with Crippen LogP contribution in [0.5, 0.6) is 17.2 Å².